The number of nitro groups is 1. The van der Waals surface area contributed by atoms with Crippen LogP contribution < -0.4 is 19.5 Å². The lowest BCUT2D eigenvalue weighted by Crippen LogP contribution is -2.37. The minimum Gasteiger partial charge on any atom is -0.493 e. The van der Waals surface area contributed by atoms with Gasteiger partial charge in [-0.2, -0.15) is 0 Å². The molecular weight excluding hydrogens is 466 g/mol. The van der Waals surface area contributed by atoms with E-state index < -0.39 is 22.0 Å². The summed E-state index contributed by atoms with van der Waals surface area (Å²) < 4.78 is 15.9. The van der Waals surface area contributed by atoms with E-state index in [1.54, 1.807) is 18.2 Å². The number of hydrogen-bond donors (Lipinski definition) is 1. The molecule has 1 saturated heterocycles. The van der Waals surface area contributed by atoms with E-state index in [1.807, 2.05) is 0 Å². The Morgan fingerprint density at radius 1 is 1.09 bits per heavy atom. The standard InChI is InChI=1S/C22H21N3O8S/c1-31-16-10-13(11-17(32-2)19(16)33-3)12-18-21(27)24(22(28)34-18)9-8-23-20(26)14-4-6-15(7-5-14)25(29)30/h4-7,10-12H,8-9H2,1-3H3,(H,23,26)/b18-12-. The quantitative estimate of drug-likeness (QED) is 0.321. The van der Waals surface area contributed by atoms with Crippen molar-refractivity contribution in [2.24, 2.45) is 0 Å². The van der Waals surface area contributed by atoms with E-state index in [4.69, 9.17) is 14.2 Å². The fraction of sp³-hybridized carbons (Fsp3) is 0.227. The summed E-state index contributed by atoms with van der Waals surface area (Å²) in [5, 5.41) is 12.8. The first-order valence-electron chi connectivity index (χ1n) is 9.87. The maximum atomic E-state index is 12.8. The zero-order chi connectivity index (χ0) is 24.8. The van der Waals surface area contributed by atoms with E-state index in [1.165, 1.54) is 45.6 Å². The summed E-state index contributed by atoms with van der Waals surface area (Å²) in [7, 11) is 4.42. The molecule has 1 heterocycles. The number of imide groups is 1. The highest BCUT2D eigenvalue weighted by molar-refractivity contribution is 8.18. The van der Waals surface area contributed by atoms with Crippen molar-refractivity contribution in [2.45, 2.75) is 0 Å². The van der Waals surface area contributed by atoms with Gasteiger partial charge in [0.05, 0.1) is 31.2 Å². The van der Waals surface area contributed by atoms with Crippen LogP contribution in [0, 0.1) is 10.1 Å². The van der Waals surface area contributed by atoms with Gasteiger partial charge in [-0.05, 0) is 47.7 Å². The Bertz CT molecular complexity index is 1140. The third-order valence-corrected chi connectivity index (χ3v) is 5.73. The average Bonchev–Trinajstić information content (AvgIpc) is 3.10. The van der Waals surface area contributed by atoms with Crippen molar-refractivity contribution in [3.63, 3.8) is 0 Å². The molecule has 0 unspecified atom stereocenters. The average molecular weight is 487 g/mol. The molecule has 1 fully saturated rings. The highest BCUT2D eigenvalue weighted by atomic mass is 32.2. The molecule has 0 atom stereocenters. The van der Waals surface area contributed by atoms with Gasteiger partial charge in [0.2, 0.25) is 5.75 Å². The van der Waals surface area contributed by atoms with Gasteiger partial charge in [0.1, 0.15) is 0 Å². The first-order chi connectivity index (χ1) is 16.3. The van der Waals surface area contributed by atoms with Crippen LogP contribution in [0.3, 0.4) is 0 Å². The molecule has 0 bridgehead atoms. The fourth-order valence-corrected chi connectivity index (χ4v) is 4.01. The van der Waals surface area contributed by atoms with Crippen LogP contribution in [0.1, 0.15) is 15.9 Å². The molecule has 0 aromatic heterocycles. The Balaban J connectivity index is 1.66. The molecule has 1 aliphatic rings. The number of hydrogen-bond acceptors (Lipinski definition) is 9. The Labute approximate surface area is 198 Å². The van der Waals surface area contributed by atoms with E-state index in [0.29, 0.717) is 22.8 Å². The van der Waals surface area contributed by atoms with Crippen molar-refractivity contribution in [1.82, 2.24) is 10.2 Å². The normalized spacial score (nSPS) is 14.3. The summed E-state index contributed by atoms with van der Waals surface area (Å²) in [5.74, 6) is 0.241. The number of non-ortho nitro benzene ring substituents is 1. The van der Waals surface area contributed by atoms with Gasteiger partial charge in [-0.1, -0.05) is 0 Å². The predicted molar refractivity (Wildman–Crippen MR) is 124 cm³/mol. The van der Waals surface area contributed by atoms with Crippen molar-refractivity contribution in [3.8, 4) is 17.2 Å². The molecule has 1 N–H and O–H groups in total. The molecule has 0 saturated carbocycles. The zero-order valence-corrected chi connectivity index (χ0v) is 19.3. The maximum absolute atomic E-state index is 12.8. The highest BCUT2D eigenvalue weighted by Gasteiger charge is 2.34. The number of methoxy groups -OCH3 is 3. The Hall–Kier alpha value is -4.06. The van der Waals surface area contributed by atoms with Crippen molar-refractivity contribution >= 4 is 40.6 Å². The number of nitrogens with zero attached hydrogens (tertiary/aromatic N) is 2. The molecule has 2 aromatic rings. The number of amides is 3. The first kappa shape index (κ1) is 24.6. The van der Waals surface area contributed by atoms with Crippen LogP contribution in [0.15, 0.2) is 41.3 Å². The number of benzene rings is 2. The largest absolute Gasteiger partial charge is 0.493 e. The second-order valence-corrected chi connectivity index (χ2v) is 7.85. The number of nitrogens with one attached hydrogen (secondary N) is 1. The summed E-state index contributed by atoms with van der Waals surface area (Å²) in [6.45, 7) is -0.0126. The van der Waals surface area contributed by atoms with Crippen LogP contribution in [0.2, 0.25) is 0 Å². The zero-order valence-electron chi connectivity index (χ0n) is 18.5. The van der Waals surface area contributed by atoms with Gasteiger partial charge >= 0.3 is 0 Å². The number of carbonyl (C=O) groups is 3. The summed E-state index contributed by atoms with van der Waals surface area (Å²) in [6.07, 6.45) is 1.55. The topological polar surface area (TPSA) is 137 Å². The monoisotopic (exact) mass is 487 g/mol. The maximum Gasteiger partial charge on any atom is 0.293 e. The van der Waals surface area contributed by atoms with Crippen LogP contribution in [0.5, 0.6) is 17.2 Å². The highest BCUT2D eigenvalue weighted by Crippen LogP contribution is 2.40. The SMILES string of the molecule is COc1cc(/C=C2\SC(=O)N(CCNC(=O)c3ccc([N+](=O)[O-])cc3)C2=O)cc(OC)c1OC. The lowest BCUT2D eigenvalue weighted by atomic mass is 10.1. The summed E-state index contributed by atoms with van der Waals surface area (Å²) in [4.78, 5) is 48.7. The Kier molecular flexibility index (Phi) is 7.74. The van der Waals surface area contributed by atoms with Gasteiger partial charge in [0, 0.05) is 30.8 Å². The molecule has 12 heteroatoms. The minimum atomic E-state index is -0.562. The number of thioether (sulfide) groups is 1. The molecule has 11 nitrogen and oxygen atoms in total. The molecule has 3 rings (SSSR count). The molecule has 178 valence electrons. The summed E-state index contributed by atoms with van der Waals surface area (Å²) in [6, 6.07) is 8.40. The van der Waals surface area contributed by atoms with Crippen LogP contribution in [0.25, 0.3) is 6.08 Å². The van der Waals surface area contributed by atoms with Crippen molar-refractivity contribution in [3.05, 3.63) is 62.5 Å². The van der Waals surface area contributed by atoms with E-state index >= 15 is 0 Å². The number of ether oxygens (including phenoxy) is 3. The summed E-state index contributed by atoms with van der Waals surface area (Å²) in [5.41, 5.74) is 0.668. The lowest BCUT2D eigenvalue weighted by Gasteiger charge is -2.13. The summed E-state index contributed by atoms with van der Waals surface area (Å²) >= 11 is 0.782. The van der Waals surface area contributed by atoms with E-state index in [2.05, 4.69) is 5.32 Å². The van der Waals surface area contributed by atoms with Gasteiger partial charge in [0.25, 0.3) is 22.7 Å². The van der Waals surface area contributed by atoms with Gasteiger partial charge < -0.3 is 19.5 Å². The van der Waals surface area contributed by atoms with Crippen LogP contribution >= 0.6 is 11.8 Å². The molecule has 0 aliphatic carbocycles. The molecule has 1 aliphatic heterocycles. The molecule has 0 spiro atoms. The van der Waals surface area contributed by atoms with Crippen molar-refractivity contribution in [2.75, 3.05) is 34.4 Å². The fourth-order valence-electron chi connectivity index (χ4n) is 3.15. The molecule has 2 aromatic carbocycles. The van der Waals surface area contributed by atoms with Crippen LogP contribution in [-0.4, -0.2) is 61.3 Å². The minimum absolute atomic E-state index is 0.0192. The van der Waals surface area contributed by atoms with Gasteiger partial charge in [-0.25, -0.2) is 0 Å². The predicted octanol–water partition coefficient (Wildman–Crippen LogP) is 3.09. The van der Waals surface area contributed by atoms with Gasteiger partial charge in [-0.3, -0.25) is 29.4 Å². The third-order valence-electron chi connectivity index (χ3n) is 4.82. The van der Waals surface area contributed by atoms with Crippen molar-refractivity contribution < 1.29 is 33.5 Å². The molecule has 0 radical (unpaired) electrons. The van der Waals surface area contributed by atoms with Gasteiger partial charge in [0.15, 0.2) is 11.5 Å². The number of nitro benzene ring substituents is 1. The van der Waals surface area contributed by atoms with Crippen LogP contribution in [-0.2, 0) is 4.79 Å². The number of carbonyl (C=O) groups excluding carboxylic acids is 3. The molecular formula is C22H21N3O8S. The van der Waals surface area contributed by atoms with E-state index in [9.17, 15) is 24.5 Å². The van der Waals surface area contributed by atoms with Gasteiger partial charge in [-0.15, -0.1) is 0 Å². The van der Waals surface area contributed by atoms with E-state index in [0.717, 1.165) is 16.7 Å². The Morgan fingerprint density at radius 3 is 2.24 bits per heavy atom. The van der Waals surface area contributed by atoms with E-state index in [-0.39, 0.29) is 29.2 Å². The lowest BCUT2D eigenvalue weighted by molar-refractivity contribution is -0.384. The number of rotatable bonds is 9. The third kappa shape index (κ3) is 5.29. The van der Waals surface area contributed by atoms with Crippen LogP contribution in [0.4, 0.5) is 10.5 Å². The first-order valence-corrected chi connectivity index (χ1v) is 10.7. The smallest absolute Gasteiger partial charge is 0.293 e. The second kappa shape index (κ2) is 10.7. The second-order valence-electron chi connectivity index (χ2n) is 6.85. The molecule has 34 heavy (non-hydrogen) atoms. The molecule has 3 amide bonds. The van der Waals surface area contributed by atoms with Crippen molar-refractivity contribution in [1.29, 1.82) is 0 Å². The Morgan fingerprint density at radius 2 is 1.71 bits per heavy atom.